The number of nitrogens with zero attached hydrogens (tertiary/aromatic N) is 5. The highest BCUT2D eigenvalue weighted by Gasteiger charge is 2.31. The number of hydrogen-bond donors (Lipinski definition) is 1. The van der Waals surface area contributed by atoms with Gasteiger partial charge >= 0.3 is 0 Å². The van der Waals surface area contributed by atoms with Crippen molar-refractivity contribution < 1.29 is 4.79 Å². The molecule has 7 heteroatoms. The minimum atomic E-state index is 0.161. The second-order valence-electron chi connectivity index (χ2n) is 11.6. The van der Waals surface area contributed by atoms with E-state index in [2.05, 4.69) is 49.3 Å². The summed E-state index contributed by atoms with van der Waals surface area (Å²) in [5.74, 6) is 1.96. The van der Waals surface area contributed by atoms with Gasteiger partial charge in [-0.05, 0) is 74.0 Å². The average molecular weight is 527 g/mol. The van der Waals surface area contributed by atoms with Crippen LogP contribution in [0.25, 0.3) is 10.8 Å². The molecule has 1 aromatic heterocycles. The number of carbonyl (C=O) groups excluding carboxylic acids is 1. The Morgan fingerprint density at radius 1 is 0.795 bits per heavy atom. The van der Waals surface area contributed by atoms with Gasteiger partial charge in [-0.3, -0.25) is 9.69 Å². The average Bonchev–Trinajstić information content (AvgIpc) is 3.40. The number of hydrogen-bond acceptors (Lipinski definition) is 6. The first-order chi connectivity index (χ1) is 19.2. The maximum atomic E-state index is 13.5. The van der Waals surface area contributed by atoms with Crippen LogP contribution in [0.1, 0.15) is 68.1 Å². The molecule has 3 aliphatic rings. The van der Waals surface area contributed by atoms with Gasteiger partial charge in [0.1, 0.15) is 5.82 Å². The predicted molar refractivity (Wildman–Crippen MR) is 158 cm³/mol. The first-order valence-corrected chi connectivity index (χ1v) is 15.1. The van der Waals surface area contributed by atoms with Crippen molar-refractivity contribution in [2.45, 2.75) is 69.9 Å². The zero-order valence-electron chi connectivity index (χ0n) is 23.1. The molecular weight excluding hydrogens is 484 g/mol. The fourth-order valence-corrected chi connectivity index (χ4v) is 6.64. The summed E-state index contributed by atoms with van der Waals surface area (Å²) in [7, 11) is 0. The third kappa shape index (κ3) is 6.35. The van der Waals surface area contributed by atoms with Gasteiger partial charge in [0.15, 0.2) is 0 Å². The number of amides is 1. The van der Waals surface area contributed by atoms with Crippen LogP contribution in [0.4, 0.5) is 11.8 Å². The van der Waals surface area contributed by atoms with Crippen LogP contribution in [-0.2, 0) is 0 Å². The van der Waals surface area contributed by atoms with E-state index >= 15 is 0 Å². The molecular formula is C32H42N6O. The maximum absolute atomic E-state index is 13.5. The molecule has 3 aromatic rings. The van der Waals surface area contributed by atoms with Crippen molar-refractivity contribution in [3.63, 3.8) is 0 Å². The van der Waals surface area contributed by atoms with E-state index in [-0.39, 0.29) is 5.91 Å². The van der Waals surface area contributed by atoms with E-state index in [9.17, 15) is 4.79 Å². The van der Waals surface area contributed by atoms with E-state index in [1.54, 1.807) is 0 Å². The third-order valence-corrected chi connectivity index (χ3v) is 8.80. The standard InChI is InChI=1S/C32H42N6O/c39-31(27-15-14-25-10-3-4-11-26(25)22-27)38-21-9-13-29(24-38)37-20-8-5-12-28(23-37)34-32-33-17-16-30(35-32)36-18-6-1-2-7-19-36/h3-4,10-11,14-17,22,28-29H,1-2,5-9,12-13,18-21,23-24H2,(H,33,34,35). The Morgan fingerprint density at radius 2 is 1.62 bits per heavy atom. The summed E-state index contributed by atoms with van der Waals surface area (Å²) in [5, 5.41) is 5.99. The summed E-state index contributed by atoms with van der Waals surface area (Å²) in [6.07, 6.45) is 12.7. The van der Waals surface area contributed by atoms with Gasteiger partial charge in [0, 0.05) is 56.6 Å². The molecule has 3 aliphatic heterocycles. The second kappa shape index (κ2) is 12.3. The molecule has 1 N–H and O–H groups in total. The van der Waals surface area contributed by atoms with Gasteiger partial charge in [-0.25, -0.2) is 4.98 Å². The van der Waals surface area contributed by atoms with Crippen LogP contribution in [0.3, 0.4) is 0 Å². The van der Waals surface area contributed by atoms with E-state index in [4.69, 9.17) is 4.98 Å². The maximum Gasteiger partial charge on any atom is 0.253 e. The highest BCUT2D eigenvalue weighted by Crippen LogP contribution is 2.25. The first kappa shape index (κ1) is 26.1. The zero-order chi connectivity index (χ0) is 26.4. The number of anilines is 2. The van der Waals surface area contributed by atoms with Crippen LogP contribution in [-0.4, -0.2) is 77.0 Å². The van der Waals surface area contributed by atoms with Gasteiger partial charge in [0.2, 0.25) is 5.95 Å². The Bertz CT molecular complexity index is 1260. The number of rotatable bonds is 5. The molecule has 2 aromatic carbocycles. The molecule has 206 valence electrons. The summed E-state index contributed by atoms with van der Waals surface area (Å²) in [6, 6.07) is 17.1. The molecule has 3 fully saturated rings. The van der Waals surface area contributed by atoms with Crippen LogP contribution in [0.15, 0.2) is 54.7 Å². The summed E-state index contributed by atoms with van der Waals surface area (Å²) >= 11 is 0. The molecule has 0 bridgehead atoms. The molecule has 0 saturated carbocycles. The number of nitrogens with one attached hydrogen (secondary N) is 1. The Balaban J connectivity index is 1.10. The Hall–Kier alpha value is -3.19. The molecule has 2 unspecified atom stereocenters. The number of aromatic nitrogens is 2. The largest absolute Gasteiger partial charge is 0.356 e. The van der Waals surface area contributed by atoms with Gasteiger partial charge in [0.05, 0.1) is 0 Å². The topological polar surface area (TPSA) is 64.6 Å². The van der Waals surface area contributed by atoms with Gasteiger partial charge in [-0.2, -0.15) is 4.98 Å². The fourth-order valence-electron chi connectivity index (χ4n) is 6.64. The second-order valence-corrected chi connectivity index (χ2v) is 11.6. The fraction of sp³-hybridized carbons (Fsp3) is 0.531. The highest BCUT2D eigenvalue weighted by molar-refractivity contribution is 5.98. The van der Waals surface area contributed by atoms with E-state index in [0.717, 1.165) is 81.2 Å². The quantitative estimate of drug-likeness (QED) is 0.468. The number of benzene rings is 2. The Kier molecular flexibility index (Phi) is 8.24. The smallest absolute Gasteiger partial charge is 0.253 e. The van der Waals surface area contributed by atoms with Gasteiger partial charge in [0.25, 0.3) is 5.91 Å². The predicted octanol–water partition coefficient (Wildman–Crippen LogP) is 5.58. The van der Waals surface area contributed by atoms with Crippen LogP contribution in [0.2, 0.25) is 0 Å². The lowest BCUT2D eigenvalue weighted by Crippen LogP contribution is -2.51. The lowest BCUT2D eigenvalue weighted by Gasteiger charge is -2.40. The molecule has 0 radical (unpaired) electrons. The molecule has 3 saturated heterocycles. The number of likely N-dealkylation sites (tertiary alicyclic amines) is 2. The van der Waals surface area contributed by atoms with E-state index in [1.807, 2.05) is 30.5 Å². The molecule has 1 amide bonds. The summed E-state index contributed by atoms with van der Waals surface area (Å²) in [6.45, 7) is 5.89. The Morgan fingerprint density at radius 3 is 2.49 bits per heavy atom. The van der Waals surface area contributed by atoms with Gasteiger partial charge in [-0.15, -0.1) is 0 Å². The molecule has 4 heterocycles. The Labute approximate surface area is 232 Å². The van der Waals surface area contributed by atoms with E-state index in [1.165, 1.54) is 43.9 Å². The van der Waals surface area contributed by atoms with Crippen molar-refractivity contribution in [2.24, 2.45) is 0 Å². The summed E-state index contributed by atoms with van der Waals surface area (Å²) in [4.78, 5) is 30.1. The van der Waals surface area contributed by atoms with E-state index < -0.39 is 0 Å². The first-order valence-electron chi connectivity index (χ1n) is 15.1. The lowest BCUT2D eigenvalue weighted by atomic mass is 10.0. The molecule has 6 rings (SSSR count). The van der Waals surface area contributed by atoms with Crippen LogP contribution in [0, 0.1) is 0 Å². The van der Waals surface area contributed by atoms with Crippen molar-refractivity contribution in [3.05, 3.63) is 60.3 Å². The molecule has 0 aliphatic carbocycles. The van der Waals surface area contributed by atoms with Crippen LogP contribution in [0.5, 0.6) is 0 Å². The van der Waals surface area contributed by atoms with E-state index in [0.29, 0.717) is 12.1 Å². The molecule has 0 spiro atoms. The van der Waals surface area contributed by atoms with Crippen molar-refractivity contribution in [1.29, 1.82) is 0 Å². The van der Waals surface area contributed by atoms with Crippen molar-refractivity contribution in [3.8, 4) is 0 Å². The summed E-state index contributed by atoms with van der Waals surface area (Å²) < 4.78 is 0. The van der Waals surface area contributed by atoms with Crippen molar-refractivity contribution in [2.75, 3.05) is 49.5 Å². The third-order valence-electron chi connectivity index (χ3n) is 8.80. The highest BCUT2D eigenvalue weighted by atomic mass is 16.2. The minimum absolute atomic E-state index is 0.161. The number of piperidine rings is 1. The lowest BCUT2D eigenvalue weighted by molar-refractivity contribution is 0.0575. The minimum Gasteiger partial charge on any atom is -0.356 e. The van der Waals surface area contributed by atoms with Crippen molar-refractivity contribution in [1.82, 2.24) is 19.8 Å². The summed E-state index contributed by atoms with van der Waals surface area (Å²) in [5.41, 5.74) is 0.797. The molecule has 7 nitrogen and oxygen atoms in total. The SMILES string of the molecule is O=C(c1ccc2ccccc2c1)N1CCCC(N2CCCCC(Nc3nccc(N4CCCCCC4)n3)C2)C1. The molecule has 39 heavy (non-hydrogen) atoms. The monoisotopic (exact) mass is 526 g/mol. The van der Waals surface area contributed by atoms with Gasteiger partial charge < -0.3 is 15.1 Å². The normalized spacial score (nSPS) is 23.3. The van der Waals surface area contributed by atoms with Crippen LogP contribution >= 0.6 is 0 Å². The van der Waals surface area contributed by atoms with Crippen molar-refractivity contribution >= 4 is 28.4 Å². The zero-order valence-corrected chi connectivity index (χ0v) is 23.1. The number of fused-ring (bicyclic) bond motifs is 1. The molecule has 2 atom stereocenters. The number of carbonyl (C=O) groups is 1. The van der Waals surface area contributed by atoms with Crippen LogP contribution < -0.4 is 10.2 Å². The van der Waals surface area contributed by atoms with Gasteiger partial charge in [-0.1, -0.05) is 49.6 Å².